The molecular weight excluding hydrogens is 252 g/mol. The summed E-state index contributed by atoms with van der Waals surface area (Å²) in [6.07, 6.45) is 3.11. The van der Waals surface area contributed by atoms with E-state index in [1.54, 1.807) is 0 Å². The monoisotopic (exact) mass is 276 g/mol. The summed E-state index contributed by atoms with van der Waals surface area (Å²) in [4.78, 5) is 12.3. The topological polar surface area (TPSA) is 64.3 Å². The van der Waals surface area contributed by atoms with E-state index in [0.29, 0.717) is 19.1 Å². The Labute approximate surface area is 120 Å². The van der Waals surface area contributed by atoms with Crippen molar-refractivity contribution in [3.05, 3.63) is 23.8 Å². The lowest BCUT2D eigenvalue weighted by molar-refractivity contribution is -0.120. The molecule has 2 atom stereocenters. The van der Waals surface area contributed by atoms with Gasteiger partial charge in [-0.25, -0.2) is 0 Å². The molecule has 0 radical (unpaired) electrons. The third kappa shape index (κ3) is 3.31. The number of hydrogen-bond donors (Lipinski definition) is 2. The zero-order chi connectivity index (χ0) is 14.5. The molecule has 1 aliphatic carbocycles. The average Bonchev–Trinajstić information content (AvgIpc) is 2.90. The van der Waals surface area contributed by atoms with Crippen molar-refractivity contribution in [2.75, 3.05) is 18.5 Å². The molecule has 1 aromatic rings. The van der Waals surface area contributed by atoms with Gasteiger partial charge in [0.1, 0.15) is 5.75 Å². The Morgan fingerprint density at radius 2 is 2.25 bits per heavy atom. The van der Waals surface area contributed by atoms with Gasteiger partial charge in [-0.1, -0.05) is 6.42 Å². The van der Waals surface area contributed by atoms with Crippen LogP contribution in [0.2, 0.25) is 0 Å². The van der Waals surface area contributed by atoms with Crippen LogP contribution in [0.1, 0.15) is 31.7 Å². The van der Waals surface area contributed by atoms with E-state index in [0.717, 1.165) is 36.3 Å². The van der Waals surface area contributed by atoms with E-state index < -0.39 is 0 Å². The van der Waals surface area contributed by atoms with Gasteiger partial charge in [0, 0.05) is 11.6 Å². The first-order valence-corrected chi connectivity index (χ1v) is 7.40. The van der Waals surface area contributed by atoms with Crippen LogP contribution in [0.3, 0.4) is 0 Å². The molecule has 0 saturated heterocycles. The fourth-order valence-electron chi connectivity index (χ4n) is 2.92. The largest absolute Gasteiger partial charge is 0.494 e. The summed E-state index contributed by atoms with van der Waals surface area (Å²) in [7, 11) is 0. The molecule has 1 aliphatic rings. The first kappa shape index (κ1) is 14.9. The zero-order valence-electron chi connectivity index (χ0n) is 12.3. The Bertz CT molecular complexity index is 474. The van der Waals surface area contributed by atoms with Crippen LogP contribution in [-0.2, 0) is 4.79 Å². The molecule has 4 heteroatoms. The molecule has 0 aromatic heterocycles. The van der Waals surface area contributed by atoms with Crippen LogP contribution in [0.5, 0.6) is 5.75 Å². The van der Waals surface area contributed by atoms with E-state index in [1.165, 1.54) is 0 Å². The predicted molar refractivity (Wildman–Crippen MR) is 80.9 cm³/mol. The van der Waals surface area contributed by atoms with Gasteiger partial charge in [0.2, 0.25) is 5.91 Å². The number of aryl methyl sites for hydroxylation is 1. The Morgan fingerprint density at radius 1 is 1.45 bits per heavy atom. The number of nitrogens with one attached hydrogen (secondary N) is 1. The smallest absolute Gasteiger partial charge is 0.227 e. The summed E-state index contributed by atoms with van der Waals surface area (Å²) >= 11 is 0. The van der Waals surface area contributed by atoms with Crippen molar-refractivity contribution in [2.24, 2.45) is 17.6 Å². The zero-order valence-corrected chi connectivity index (χ0v) is 12.3. The van der Waals surface area contributed by atoms with Gasteiger partial charge >= 0.3 is 0 Å². The highest BCUT2D eigenvalue weighted by molar-refractivity contribution is 5.93. The summed E-state index contributed by atoms with van der Waals surface area (Å²) in [6, 6.07) is 5.75. The van der Waals surface area contributed by atoms with Gasteiger partial charge in [-0.2, -0.15) is 0 Å². The van der Waals surface area contributed by atoms with Gasteiger partial charge in [0.25, 0.3) is 0 Å². The maximum absolute atomic E-state index is 12.3. The molecule has 1 amide bonds. The van der Waals surface area contributed by atoms with Gasteiger partial charge in [-0.3, -0.25) is 4.79 Å². The molecule has 0 bridgehead atoms. The lowest BCUT2D eigenvalue weighted by Gasteiger charge is -2.18. The fourth-order valence-corrected chi connectivity index (χ4v) is 2.92. The second kappa shape index (κ2) is 6.75. The van der Waals surface area contributed by atoms with E-state index in [1.807, 2.05) is 32.0 Å². The number of ether oxygens (including phenoxy) is 1. The van der Waals surface area contributed by atoms with Crippen LogP contribution in [0.25, 0.3) is 0 Å². The lowest BCUT2D eigenvalue weighted by Crippen LogP contribution is -2.29. The van der Waals surface area contributed by atoms with Crippen molar-refractivity contribution in [3.8, 4) is 5.75 Å². The van der Waals surface area contributed by atoms with Gasteiger partial charge in [0.05, 0.1) is 6.61 Å². The molecule has 4 nitrogen and oxygen atoms in total. The Hall–Kier alpha value is -1.55. The molecule has 2 unspecified atom stereocenters. The Morgan fingerprint density at radius 3 is 2.90 bits per heavy atom. The normalized spacial score (nSPS) is 21.8. The van der Waals surface area contributed by atoms with Crippen LogP contribution in [0, 0.1) is 18.8 Å². The molecule has 1 fully saturated rings. The number of carbonyl (C=O) groups excluding carboxylic acids is 1. The summed E-state index contributed by atoms with van der Waals surface area (Å²) in [5.74, 6) is 1.33. The molecular formula is C16H24N2O2. The highest BCUT2D eigenvalue weighted by atomic mass is 16.5. The average molecular weight is 276 g/mol. The van der Waals surface area contributed by atoms with Crippen LogP contribution >= 0.6 is 0 Å². The van der Waals surface area contributed by atoms with Crippen molar-refractivity contribution in [1.82, 2.24) is 0 Å². The highest BCUT2D eigenvalue weighted by Crippen LogP contribution is 2.32. The number of benzene rings is 1. The minimum atomic E-state index is 0.0611. The summed E-state index contributed by atoms with van der Waals surface area (Å²) in [5.41, 5.74) is 7.62. The molecule has 1 saturated carbocycles. The van der Waals surface area contributed by atoms with Crippen LogP contribution in [-0.4, -0.2) is 19.1 Å². The first-order chi connectivity index (χ1) is 9.65. The summed E-state index contributed by atoms with van der Waals surface area (Å²) in [6.45, 7) is 5.18. The number of carbonyl (C=O) groups is 1. The molecule has 3 N–H and O–H groups in total. The number of nitrogens with two attached hydrogens (primary N) is 1. The number of rotatable bonds is 5. The Kier molecular flexibility index (Phi) is 5.01. The second-order valence-electron chi connectivity index (χ2n) is 5.43. The molecule has 2 rings (SSSR count). The molecule has 110 valence electrons. The minimum Gasteiger partial charge on any atom is -0.494 e. The van der Waals surface area contributed by atoms with Crippen molar-refractivity contribution in [1.29, 1.82) is 0 Å². The van der Waals surface area contributed by atoms with Crippen molar-refractivity contribution in [3.63, 3.8) is 0 Å². The Balaban J connectivity index is 2.04. The summed E-state index contributed by atoms with van der Waals surface area (Å²) < 4.78 is 5.45. The van der Waals surface area contributed by atoms with Crippen LogP contribution < -0.4 is 15.8 Å². The van der Waals surface area contributed by atoms with Gasteiger partial charge in [-0.15, -0.1) is 0 Å². The third-order valence-corrected chi connectivity index (χ3v) is 4.07. The molecule has 20 heavy (non-hydrogen) atoms. The van der Waals surface area contributed by atoms with Crippen LogP contribution in [0.15, 0.2) is 18.2 Å². The van der Waals surface area contributed by atoms with Gasteiger partial charge < -0.3 is 15.8 Å². The second-order valence-corrected chi connectivity index (χ2v) is 5.43. The number of anilines is 1. The van der Waals surface area contributed by atoms with E-state index in [9.17, 15) is 4.79 Å². The number of amides is 1. The maximum Gasteiger partial charge on any atom is 0.227 e. The molecule has 0 spiro atoms. The standard InChI is InChI=1S/C16H24N2O2/c1-3-20-13-7-8-15(11(2)9-13)18-16(19)14-6-4-5-12(14)10-17/h7-9,12,14H,3-6,10,17H2,1-2H3,(H,18,19). The predicted octanol–water partition coefficient (Wildman–Crippen LogP) is 2.71. The van der Waals surface area contributed by atoms with Crippen LogP contribution in [0.4, 0.5) is 5.69 Å². The van der Waals surface area contributed by atoms with E-state index in [2.05, 4.69) is 5.32 Å². The van der Waals surface area contributed by atoms with Gasteiger partial charge in [0.15, 0.2) is 0 Å². The van der Waals surface area contributed by atoms with Crippen molar-refractivity contribution >= 4 is 11.6 Å². The maximum atomic E-state index is 12.3. The first-order valence-electron chi connectivity index (χ1n) is 7.40. The quantitative estimate of drug-likeness (QED) is 0.869. The van der Waals surface area contributed by atoms with E-state index >= 15 is 0 Å². The molecule has 1 aromatic carbocycles. The molecule has 0 aliphatic heterocycles. The number of hydrogen-bond acceptors (Lipinski definition) is 3. The lowest BCUT2D eigenvalue weighted by atomic mass is 9.95. The SMILES string of the molecule is CCOc1ccc(NC(=O)C2CCCC2CN)c(C)c1. The van der Waals surface area contributed by atoms with Crippen molar-refractivity contribution < 1.29 is 9.53 Å². The van der Waals surface area contributed by atoms with E-state index in [4.69, 9.17) is 10.5 Å². The van der Waals surface area contributed by atoms with Crippen molar-refractivity contribution in [2.45, 2.75) is 33.1 Å². The summed E-state index contributed by atoms with van der Waals surface area (Å²) in [5, 5.41) is 3.04. The van der Waals surface area contributed by atoms with E-state index in [-0.39, 0.29) is 11.8 Å². The van der Waals surface area contributed by atoms with Gasteiger partial charge in [-0.05, 0) is 62.9 Å². The minimum absolute atomic E-state index is 0.0611. The molecule has 0 heterocycles. The fraction of sp³-hybridized carbons (Fsp3) is 0.562. The third-order valence-electron chi connectivity index (χ3n) is 4.07. The highest BCUT2D eigenvalue weighted by Gasteiger charge is 2.32.